The number of carboxylic acid groups (broad SMARTS) is 1. The summed E-state index contributed by atoms with van der Waals surface area (Å²) in [5, 5.41) is 13.2. The quantitative estimate of drug-likeness (QED) is 0.878. The highest BCUT2D eigenvalue weighted by molar-refractivity contribution is 5.95. The number of benzene rings is 1. The van der Waals surface area contributed by atoms with Crippen molar-refractivity contribution in [3.63, 3.8) is 0 Å². The second kappa shape index (κ2) is 3.73. The minimum absolute atomic E-state index is 0.221. The van der Waals surface area contributed by atoms with Gasteiger partial charge in [0.15, 0.2) is 5.76 Å². The molecule has 2 aromatic rings. The van der Waals surface area contributed by atoms with Crippen molar-refractivity contribution in [2.24, 2.45) is 0 Å². The van der Waals surface area contributed by atoms with Crippen LogP contribution in [0.5, 0.6) is 0 Å². The number of aromatic nitrogens is 1. The van der Waals surface area contributed by atoms with E-state index in [-0.39, 0.29) is 11.5 Å². The Morgan fingerprint density at radius 3 is 2.59 bits per heavy atom. The predicted octanol–water partition coefficient (Wildman–Crippen LogP) is 2.92. The average molecular weight is 229 g/mol. The second-order valence-electron chi connectivity index (χ2n) is 4.22. The molecule has 0 aliphatic heterocycles. The van der Waals surface area contributed by atoms with Crippen LogP contribution in [0, 0.1) is 0 Å². The van der Waals surface area contributed by atoms with Gasteiger partial charge in [-0.25, -0.2) is 4.79 Å². The van der Waals surface area contributed by atoms with Crippen LogP contribution >= 0.6 is 0 Å². The first-order chi connectivity index (χ1) is 8.27. The van der Waals surface area contributed by atoms with Crippen molar-refractivity contribution in [3.8, 4) is 11.3 Å². The maximum absolute atomic E-state index is 11.3. The molecule has 0 bridgehead atoms. The van der Waals surface area contributed by atoms with Gasteiger partial charge >= 0.3 is 5.97 Å². The number of hydrogen-bond acceptors (Lipinski definition) is 3. The average Bonchev–Trinajstić information content (AvgIpc) is 3.08. The Kier molecular flexibility index (Phi) is 2.21. The Morgan fingerprint density at radius 2 is 2.00 bits per heavy atom. The first kappa shape index (κ1) is 10.1. The summed E-state index contributed by atoms with van der Waals surface area (Å²) in [7, 11) is 0. The molecule has 1 aliphatic carbocycles. The number of carboxylic acids is 1. The van der Waals surface area contributed by atoms with Gasteiger partial charge in [0.25, 0.3) is 0 Å². The standard InChI is InChI=1S/C13H11NO3/c15-13(16)10-11(8-6-7-8)14-17-12(10)9-4-2-1-3-5-9/h1-5,8H,6-7H2,(H,15,16). The Balaban J connectivity index is 2.14. The topological polar surface area (TPSA) is 63.3 Å². The van der Waals surface area contributed by atoms with Crippen molar-refractivity contribution >= 4 is 5.97 Å². The van der Waals surface area contributed by atoms with Crippen molar-refractivity contribution in [2.75, 3.05) is 0 Å². The number of rotatable bonds is 3. The van der Waals surface area contributed by atoms with Gasteiger partial charge in [-0.1, -0.05) is 35.5 Å². The molecule has 0 atom stereocenters. The SMILES string of the molecule is O=C(O)c1c(C2CC2)noc1-c1ccccc1. The first-order valence-corrected chi connectivity index (χ1v) is 5.55. The molecule has 0 saturated heterocycles. The summed E-state index contributed by atoms with van der Waals surface area (Å²) in [6.07, 6.45) is 2.00. The zero-order chi connectivity index (χ0) is 11.8. The molecule has 1 aromatic carbocycles. The normalized spacial score (nSPS) is 14.8. The number of aromatic carboxylic acids is 1. The van der Waals surface area contributed by atoms with Crippen LogP contribution in [-0.2, 0) is 0 Å². The highest BCUT2D eigenvalue weighted by Crippen LogP contribution is 2.43. The molecule has 4 heteroatoms. The molecule has 86 valence electrons. The van der Waals surface area contributed by atoms with Crippen LogP contribution < -0.4 is 0 Å². The molecule has 0 amide bonds. The van der Waals surface area contributed by atoms with E-state index in [1.807, 2.05) is 30.3 Å². The Bertz CT molecular complexity index is 555. The summed E-state index contributed by atoms with van der Waals surface area (Å²) in [5.74, 6) is -0.339. The van der Waals surface area contributed by atoms with E-state index in [4.69, 9.17) is 4.52 Å². The van der Waals surface area contributed by atoms with Crippen LogP contribution in [0.1, 0.15) is 34.8 Å². The van der Waals surface area contributed by atoms with Gasteiger partial charge in [0.2, 0.25) is 0 Å². The minimum atomic E-state index is -0.966. The van der Waals surface area contributed by atoms with Gasteiger partial charge in [0, 0.05) is 11.5 Å². The minimum Gasteiger partial charge on any atom is -0.477 e. The molecular weight excluding hydrogens is 218 g/mol. The van der Waals surface area contributed by atoms with Crippen molar-refractivity contribution in [2.45, 2.75) is 18.8 Å². The van der Waals surface area contributed by atoms with E-state index in [1.54, 1.807) is 0 Å². The van der Waals surface area contributed by atoms with E-state index in [9.17, 15) is 9.90 Å². The molecule has 1 aromatic heterocycles. The fourth-order valence-corrected chi connectivity index (χ4v) is 1.93. The molecular formula is C13H11NO3. The molecule has 0 unspecified atom stereocenters. The van der Waals surface area contributed by atoms with Gasteiger partial charge in [-0.15, -0.1) is 0 Å². The van der Waals surface area contributed by atoms with Gasteiger partial charge in [-0.2, -0.15) is 0 Å². The third-order valence-electron chi connectivity index (χ3n) is 2.93. The maximum Gasteiger partial charge on any atom is 0.341 e. The lowest BCUT2D eigenvalue weighted by Gasteiger charge is -1.98. The van der Waals surface area contributed by atoms with Crippen LogP contribution in [0.2, 0.25) is 0 Å². The molecule has 1 heterocycles. The van der Waals surface area contributed by atoms with Gasteiger partial charge in [-0.05, 0) is 12.8 Å². The Hall–Kier alpha value is -2.10. The smallest absolute Gasteiger partial charge is 0.341 e. The maximum atomic E-state index is 11.3. The summed E-state index contributed by atoms with van der Waals surface area (Å²) in [6, 6.07) is 9.22. The molecule has 1 saturated carbocycles. The number of carbonyl (C=O) groups is 1. The molecule has 0 spiro atoms. The van der Waals surface area contributed by atoms with Gasteiger partial charge in [-0.3, -0.25) is 0 Å². The van der Waals surface area contributed by atoms with E-state index in [0.717, 1.165) is 18.4 Å². The summed E-state index contributed by atoms with van der Waals surface area (Å²) >= 11 is 0. The zero-order valence-electron chi connectivity index (χ0n) is 9.09. The Labute approximate surface area is 97.9 Å². The third-order valence-corrected chi connectivity index (χ3v) is 2.93. The molecule has 17 heavy (non-hydrogen) atoms. The van der Waals surface area contributed by atoms with E-state index < -0.39 is 5.97 Å². The van der Waals surface area contributed by atoms with Crippen molar-refractivity contribution in [1.82, 2.24) is 5.16 Å². The molecule has 1 aliphatic rings. The lowest BCUT2D eigenvalue weighted by Crippen LogP contribution is -2.01. The van der Waals surface area contributed by atoms with Gasteiger partial charge in [0.1, 0.15) is 11.3 Å². The lowest BCUT2D eigenvalue weighted by molar-refractivity contribution is 0.0696. The summed E-state index contributed by atoms with van der Waals surface area (Å²) in [6.45, 7) is 0. The van der Waals surface area contributed by atoms with Crippen LogP contribution in [0.15, 0.2) is 34.9 Å². The second-order valence-corrected chi connectivity index (χ2v) is 4.22. The molecule has 1 N–H and O–H groups in total. The van der Waals surface area contributed by atoms with Gasteiger partial charge < -0.3 is 9.63 Å². The zero-order valence-corrected chi connectivity index (χ0v) is 9.09. The molecule has 1 fully saturated rings. The fraction of sp³-hybridized carbons (Fsp3) is 0.231. The molecule has 4 nitrogen and oxygen atoms in total. The highest BCUT2D eigenvalue weighted by atomic mass is 16.5. The summed E-state index contributed by atoms with van der Waals surface area (Å²) < 4.78 is 5.21. The molecule has 0 radical (unpaired) electrons. The van der Waals surface area contributed by atoms with Crippen LogP contribution in [0.4, 0.5) is 0 Å². The highest BCUT2D eigenvalue weighted by Gasteiger charge is 2.34. The number of nitrogens with zero attached hydrogens (tertiary/aromatic N) is 1. The van der Waals surface area contributed by atoms with Crippen LogP contribution in [-0.4, -0.2) is 16.2 Å². The van der Waals surface area contributed by atoms with Gasteiger partial charge in [0.05, 0.1) is 0 Å². The third kappa shape index (κ3) is 1.71. The van der Waals surface area contributed by atoms with Crippen molar-refractivity contribution < 1.29 is 14.4 Å². The van der Waals surface area contributed by atoms with Crippen LogP contribution in [0.25, 0.3) is 11.3 Å². The van der Waals surface area contributed by atoms with E-state index in [1.165, 1.54) is 0 Å². The Morgan fingerprint density at radius 1 is 1.29 bits per heavy atom. The van der Waals surface area contributed by atoms with E-state index in [0.29, 0.717) is 11.5 Å². The van der Waals surface area contributed by atoms with Crippen molar-refractivity contribution in [1.29, 1.82) is 0 Å². The largest absolute Gasteiger partial charge is 0.477 e. The molecule has 3 rings (SSSR count). The fourth-order valence-electron chi connectivity index (χ4n) is 1.93. The van der Waals surface area contributed by atoms with E-state index in [2.05, 4.69) is 5.16 Å². The first-order valence-electron chi connectivity index (χ1n) is 5.55. The predicted molar refractivity (Wildman–Crippen MR) is 60.9 cm³/mol. The van der Waals surface area contributed by atoms with E-state index >= 15 is 0 Å². The lowest BCUT2D eigenvalue weighted by atomic mass is 10.0. The summed E-state index contributed by atoms with van der Waals surface area (Å²) in [4.78, 5) is 11.3. The summed E-state index contributed by atoms with van der Waals surface area (Å²) in [5.41, 5.74) is 1.57. The van der Waals surface area contributed by atoms with Crippen molar-refractivity contribution in [3.05, 3.63) is 41.6 Å². The number of hydrogen-bond donors (Lipinski definition) is 1. The monoisotopic (exact) mass is 229 g/mol. The van der Waals surface area contributed by atoms with Crippen LogP contribution in [0.3, 0.4) is 0 Å².